The van der Waals surface area contributed by atoms with E-state index >= 15 is 0 Å². The fourth-order valence-electron chi connectivity index (χ4n) is 3.22. The van der Waals surface area contributed by atoms with Crippen LogP contribution in [-0.2, 0) is 6.42 Å². The fraction of sp³-hybridized carbons (Fsp3) is 0.316. The quantitative estimate of drug-likeness (QED) is 0.712. The van der Waals surface area contributed by atoms with Crippen LogP contribution < -0.4 is 4.74 Å². The Morgan fingerprint density at radius 3 is 2.27 bits per heavy atom. The summed E-state index contributed by atoms with van der Waals surface area (Å²) in [6.45, 7) is 9.95. The molecule has 3 rings (SSSR count). The molecular formula is C19H20O3. The summed E-state index contributed by atoms with van der Waals surface area (Å²) in [5.74, 6) is 0.727. The van der Waals surface area contributed by atoms with Crippen molar-refractivity contribution in [3.8, 4) is 11.5 Å². The summed E-state index contributed by atoms with van der Waals surface area (Å²) in [4.78, 5) is 11.7. The third-order valence-corrected chi connectivity index (χ3v) is 4.96. The van der Waals surface area contributed by atoms with Gasteiger partial charge in [0.05, 0.1) is 5.56 Å². The maximum atomic E-state index is 11.7. The molecule has 0 amide bonds. The van der Waals surface area contributed by atoms with Gasteiger partial charge in [-0.25, -0.2) is 4.79 Å². The molecule has 22 heavy (non-hydrogen) atoms. The lowest BCUT2D eigenvalue weighted by atomic mass is 9.86. The summed E-state index contributed by atoms with van der Waals surface area (Å²) in [7, 11) is 0. The average Bonchev–Trinajstić information content (AvgIpc) is 2.48. The molecule has 0 saturated carbocycles. The van der Waals surface area contributed by atoms with Crippen molar-refractivity contribution < 1.29 is 14.6 Å². The second-order valence-electron chi connectivity index (χ2n) is 6.14. The van der Waals surface area contributed by atoms with Crippen LogP contribution in [0.4, 0.5) is 0 Å². The Labute approximate surface area is 130 Å². The lowest BCUT2D eigenvalue weighted by Crippen LogP contribution is -2.15. The van der Waals surface area contributed by atoms with Crippen molar-refractivity contribution in [2.24, 2.45) is 0 Å². The minimum Gasteiger partial charge on any atom is -0.478 e. The van der Waals surface area contributed by atoms with E-state index in [1.165, 1.54) is 5.56 Å². The third-order valence-electron chi connectivity index (χ3n) is 4.96. The average molecular weight is 296 g/mol. The van der Waals surface area contributed by atoms with Gasteiger partial charge in [0.15, 0.2) is 0 Å². The van der Waals surface area contributed by atoms with Crippen LogP contribution in [0.2, 0.25) is 0 Å². The lowest BCUT2D eigenvalue weighted by molar-refractivity contribution is 0.0694. The van der Waals surface area contributed by atoms with E-state index < -0.39 is 5.97 Å². The standard InChI is InChI=1S/C19H20O3/c1-9-6-7-14-8-15-16(19(20)21)12(4)11(3)13(5)18(15)22-17(14)10(9)2/h6-7H,8H2,1-5H3,(H,20,21). The van der Waals surface area contributed by atoms with E-state index in [1.54, 1.807) is 0 Å². The Bertz CT molecular complexity index is 816. The van der Waals surface area contributed by atoms with Gasteiger partial charge < -0.3 is 9.84 Å². The van der Waals surface area contributed by atoms with Crippen LogP contribution in [0.5, 0.6) is 11.5 Å². The predicted octanol–water partition coefficient (Wildman–Crippen LogP) is 4.62. The molecule has 2 aromatic rings. The zero-order valence-electron chi connectivity index (χ0n) is 13.6. The molecule has 1 N–H and O–H groups in total. The third kappa shape index (κ3) is 1.92. The minimum atomic E-state index is -0.882. The SMILES string of the molecule is Cc1ccc2c(c1C)Oc1c(C)c(C)c(C)c(C(=O)O)c1C2. The first kappa shape index (κ1) is 14.6. The molecule has 0 radical (unpaired) electrons. The molecule has 0 bridgehead atoms. The number of aromatic carboxylic acids is 1. The van der Waals surface area contributed by atoms with E-state index in [0.29, 0.717) is 12.0 Å². The fourth-order valence-corrected chi connectivity index (χ4v) is 3.22. The summed E-state index contributed by atoms with van der Waals surface area (Å²) in [6, 6.07) is 4.10. The number of hydrogen-bond donors (Lipinski definition) is 1. The first-order valence-corrected chi connectivity index (χ1v) is 7.45. The van der Waals surface area contributed by atoms with Crippen molar-refractivity contribution in [3.05, 3.63) is 56.6 Å². The van der Waals surface area contributed by atoms with Gasteiger partial charge in [-0.3, -0.25) is 0 Å². The van der Waals surface area contributed by atoms with Gasteiger partial charge in [-0.1, -0.05) is 12.1 Å². The van der Waals surface area contributed by atoms with E-state index in [-0.39, 0.29) is 0 Å². The highest BCUT2D eigenvalue weighted by atomic mass is 16.5. The van der Waals surface area contributed by atoms with Crippen LogP contribution in [0.3, 0.4) is 0 Å². The Kier molecular flexibility index (Phi) is 3.24. The number of benzene rings is 2. The van der Waals surface area contributed by atoms with Gasteiger partial charge in [-0.05, 0) is 68.0 Å². The van der Waals surface area contributed by atoms with E-state index in [0.717, 1.165) is 44.9 Å². The Morgan fingerprint density at radius 1 is 0.955 bits per heavy atom. The smallest absolute Gasteiger partial charge is 0.336 e. The molecule has 1 heterocycles. The Balaban J connectivity index is 2.31. The van der Waals surface area contributed by atoms with Crippen LogP contribution in [0.25, 0.3) is 0 Å². The Hall–Kier alpha value is -2.29. The van der Waals surface area contributed by atoms with Crippen molar-refractivity contribution >= 4 is 5.97 Å². The van der Waals surface area contributed by atoms with E-state index in [9.17, 15) is 9.90 Å². The maximum absolute atomic E-state index is 11.7. The topological polar surface area (TPSA) is 46.5 Å². The van der Waals surface area contributed by atoms with Crippen LogP contribution in [0.1, 0.15) is 49.3 Å². The summed E-state index contributed by atoms with van der Waals surface area (Å²) < 4.78 is 6.18. The minimum absolute atomic E-state index is 0.391. The molecular weight excluding hydrogens is 276 g/mol. The van der Waals surface area contributed by atoms with Crippen molar-refractivity contribution in [1.82, 2.24) is 0 Å². The molecule has 1 aliphatic rings. The summed E-state index contributed by atoms with van der Waals surface area (Å²) in [5, 5.41) is 9.63. The van der Waals surface area contributed by atoms with Crippen molar-refractivity contribution in [2.75, 3.05) is 0 Å². The highest BCUT2D eigenvalue weighted by molar-refractivity contribution is 5.93. The zero-order chi connectivity index (χ0) is 16.2. The molecule has 3 heteroatoms. The number of carboxylic acids is 1. The van der Waals surface area contributed by atoms with Gasteiger partial charge in [-0.15, -0.1) is 0 Å². The molecule has 114 valence electrons. The number of carboxylic acid groups (broad SMARTS) is 1. The van der Waals surface area contributed by atoms with E-state index in [2.05, 4.69) is 13.0 Å². The van der Waals surface area contributed by atoms with E-state index in [1.807, 2.05) is 33.8 Å². The van der Waals surface area contributed by atoms with Crippen LogP contribution in [0.15, 0.2) is 12.1 Å². The van der Waals surface area contributed by atoms with Gasteiger partial charge in [0, 0.05) is 12.0 Å². The van der Waals surface area contributed by atoms with Gasteiger partial charge in [0.2, 0.25) is 0 Å². The van der Waals surface area contributed by atoms with Crippen molar-refractivity contribution in [2.45, 2.75) is 41.0 Å². The van der Waals surface area contributed by atoms with Crippen LogP contribution >= 0.6 is 0 Å². The largest absolute Gasteiger partial charge is 0.478 e. The highest BCUT2D eigenvalue weighted by Crippen LogP contribution is 2.44. The zero-order valence-corrected chi connectivity index (χ0v) is 13.6. The van der Waals surface area contributed by atoms with Crippen LogP contribution in [0, 0.1) is 34.6 Å². The normalized spacial score (nSPS) is 12.4. The van der Waals surface area contributed by atoms with E-state index in [4.69, 9.17) is 4.74 Å². The molecule has 0 saturated heterocycles. The highest BCUT2D eigenvalue weighted by Gasteiger charge is 2.28. The second-order valence-corrected chi connectivity index (χ2v) is 6.14. The van der Waals surface area contributed by atoms with Crippen LogP contribution in [-0.4, -0.2) is 11.1 Å². The molecule has 0 aromatic heterocycles. The number of ether oxygens (including phenoxy) is 1. The monoisotopic (exact) mass is 296 g/mol. The number of hydrogen-bond acceptors (Lipinski definition) is 2. The molecule has 0 spiro atoms. The number of fused-ring (bicyclic) bond motifs is 2. The summed E-state index contributed by atoms with van der Waals surface area (Å²) in [5.41, 5.74) is 7.40. The molecule has 1 aliphatic heterocycles. The predicted molar refractivity (Wildman–Crippen MR) is 86.4 cm³/mol. The summed E-state index contributed by atoms with van der Waals surface area (Å²) in [6.07, 6.45) is 0.607. The first-order chi connectivity index (χ1) is 10.3. The van der Waals surface area contributed by atoms with Gasteiger partial charge in [0.25, 0.3) is 0 Å². The molecule has 0 fully saturated rings. The summed E-state index contributed by atoms with van der Waals surface area (Å²) >= 11 is 0. The van der Waals surface area contributed by atoms with Gasteiger partial charge in [-0.2, -0.15) is 0 Å². The number of rotatable bonds is 1. The van der Waals surface area contributed by atoms with Gasteiger partial charge >= 0.3 is 5.97 Å². The second kappa shape index (κ2) is 4.87. The van der Waals surface area contributed by atoms with Crippen molar-refractivity contribution in [1.29, 1.82) is 0 Å². The molecule has 0 aliphatic carbocycles. The molecule has 0 atom stereocenters. The number of aryl methyl sites for hydroxylation is 1. The maximum Gasteiger partial charge on any atom is 0.336 e. The first-order valence-electron chi connectivity index (χ1n) is 7.45. The molecule has 3 nitrogen and oxygen atoms in total. The lowest BCUT2D eigenvalue weighted by Gasteiger charge is -2.27. The Morgan fingerprint density at radius 2 is 1.64 bits per heavy atom. The molecule has 0 unspecified atom stereocenters. The number of carbonyl (C=O) groups is 1. The molecule has 2 aromatic carbocycles. The van der Waals surface area contributed by atoms with Gasteiger partial charge in [0.1, 0.15) is 11.5 Å². The van der Waals surface area contributed by atoms with Crippen molar-refractivity contribution in [3.63, 3.8) is 0 Å².